The summed E-state index contributed by atoms with van der Waals surface area (Å²) < 4.78 is 9.81. The first-order valence-electron chi connectivity index (χ1n) is 7.01. The van der Waals surface area contributed by atoms with Crippen molar-refractivity contribution in [3.63, 3.8) is 0 Å². The zero-order valence-corrected chi connectivity index (χ0v) is 14.9. The molecule has 0 radical (unpaired) electrons. The van der Waals surface area contributed by atoms with Crippen LogP contribution < -0.4 is 15.8 Å². The van der Waals surface area contributed by atoms with E-state index in [1.165, 1.54) is 32.4 Å². The fraction of sp³-hybridized carbons (Fsp3) is 0.188. The lowest BCUT2D eigenvalue weighted by Crippen LogP contribution is -2.16. The van der Waals surface area contributed by atoms with Crippen molar-refractivity contribution in [2.24, 2.45) is 5.73 Å². The summed E-state index contributed by atoms with van der Waals surface area (Å²) >= 11 is 12.0. The van der Waals surface area contributed by atoms with Gasteiger partial charge in [-0.3, -0.25) is 4.79 Å². The molecule has 1 heterocycles. The topological polar surface area (TPSA) is 104 Å². The van der Waals surface area contributed by atoms with Crippen LogP contribution in [-0.4, -0.2) is 31.1 Å². The molecule has 2 rings (SSSR count). The molecule has 1 aromatic heterocycles. The lowest BCUT2D eigenvalue weighted by Gasteiger charge is -2.13. The Morgan fingerprint density at radius 3 is 2.52 bits per heavy atom. The minimum Gasteiger partial charge on any atom is -0.497 e. The van der Waals surface area contributed by atoms with Crippen LogP contribution in [0.3, 0.4) is 0 Å². The molecule has 0 saturated carbocycles. The standard InChI is InChI=1S/C16H15Cl2N3O4/c1-24-10-5-9(21-13(6-10)16(23)25-2)7-20-12-4-8(17)3-11(18)14(12)15(19)22/h3-6,20H,7H2,1-2H3,(H2,19,22). The third-order valence-corrected chi connectivity index (χ3v) is 3.76. The quantitative estimate of drug-likeness (QED) is 0.743. The molecule has 0 aliphatic heterocycles. The number of nitrogens with two attached hydrogens (primary N) is 1. The average Bonchev–Trinajstić information content (AvgIpc) is 2.57. The second-order valence-electron chi connectivity index (χ2n) is 4.90. The maximum Gasteiger partial charge on any atom is 0.356 e. The second-order valence-corrected chi connectivity index (χ2v) is 5.75. The Hall–Kier alpha value is -2.51. The molecule has 3 N–H and O–H groups in total. The van der Waals surface area contributed by atoms with Crippen molar-refractivity contribution in [3.8, 4) is 5.75 Å². The van der Waals surface area contributed by atoms with Gasteiger partial charge in [-0.15, -0.1) is 0 Å². The van der Waals surface area contributed by atoms with Gasteiger partial charge in [0.25, 0.3) is 5.91 Å². The first-order chi connectivity index (χ1) is 11.8. The Morgan fingerprint density at radius 1 is 1.20 bits per heavy atom. The number of methoxy groups -OCH3 is 2. The second kappa shape index (κ2) is 8.04. The van der Waals surface area contributed by atoms with Crippen LogP contribution in [0.15, 0.2) is 24.3 Å². The number of hydrogen-bond acceptors (Lipinski definition) is 6. The molecule has 7 nitrogen and oxygen atoms in total. The monoisotopic (exact) mass is 383 g/mol. The van der Waals surface area contributed by atoms with E-state index in [-0.39, 0.29) is 22.8 Å². The van der Waals surface area contributed by atoms with E-state index >= 15 is 0 Å². The molecule has 1 amide bonds. The van der Waals surface area contributed by atoms with E-state index in [4.69, 9.17) is 33.7 Å². The molecule has 2 aromatic rings. The summed E-state index contributed by atoms with van der Waals surface area (Å²) in [6.07, 6.45) is 0. The number of esters is 1. The zero-order chi connectivity index (χ0) is 18.6. The normalized spacial score (nSPS) is 10.2. The molecule has 0 bridgehead atoms. The van der Waals surface area contributed by atoms with Gasteiger partial charge in [-0.25, -0.2) is 9.78 Å². The lowest BCUT2D eigenvalue weighted by molar-refractivity contribution is 0.0593. The molecule has 1 aromatic carbocycles. The summed E-state index contributed by atoms with van der Waals surface area (Å²) in [4.78, 5) is 27.5. The van der Waals surface area contributed by atoms with Crippen LogP contribution in [0.2, 0.25) is 10.0 Å². The van der Waals surface area contributed by atoms with Crippen LogP contribution in [0.4, 0.5) is 5.69 Å². The number of halogens is 2. The van der Waals surface area contributed by atoms with Crippen LogP contribution in [-0.2, 0) is 11.3 Å². The van der Waals surface area contributed by atoms with Gasteiger partial charge in [0, 0.05) is 17.2 Å². The number of anilines is 1. The number of nitrogens with one attached hydrogen (secondary N) is 1. The number of pyridine rings is 1. The van der Waals surface area contributed by atoms with Crippen molar-refractivity contribution < 1.29 is 19.1 Å². The molecular formula is C16H15Cl2N3O4. The van der Waals surface area contributed by atoms with Crippen molar-refractivity contribution in [2.75, 3.05) is 19.5 Å². The van der Waals surface area contributed by atoms with E-state index in [9.17, 15) is 9.59 Å². The average molecular weight is 384 g/mol. The number of hydrogen-bond donors (Lipinski definition) is 2. The molecule has 0 aliphatic rings. The molecular weight excluding hydrogens is 369 g/mol. The van der Waals surface area contributed by atoms with Crippen molar-refractivity contribution in [3.05, 3.63) is 51.3 Å². The van der Waals surface area contributed by atoms with E-state index in [1.54, 1.807) is 6.07 Å². The van der Waals surface area contributed by atoms with Crippen LogP contribution in [0, 0.1) is 0 Å². The highest BCUT2D eigenvalue weighted by molar-refractivity contribution is 6.37. The highest BCUT2D eigenvalue weighted by Gasteiger charge is 2.16. The first-order valence-corrected chi connectivity index (χ1v) is 7.77. The first kappa shape index (κ1) is 18.8. The van der Waals surface area contributed by atoms with Gasteiger partial charge in [0.1, 0.15) is 5.75 Å². The number of carbonyl (C=O) groups excluding carboxylic acids is 2. The summed E-state index contributed by atoms with van der Waals surface area (Å²) in [5.74, 6) is -0.853. The maximum absolute atomic E-state index is 11.7. The lowest BCUT2D eigenvalue weighted by atomic mass is 10.1. The summed E-state index contributed by atoms with van der Waals surface area (Å²) in [6, 6.07) is 6.04. The fourth-order valence-corrected chi connectivity index (χ4v) is 2.71. The highest BCUT2D eigenvalue weighted by Crippen LogP contribution is 2.29. The molecule has 9 heteroatoms. The van der Waals surface area contributed by atoms with Crippen molar-refractivity contribution >= 4 is 40.8 Å². The fourth-order valence-electron chi connectivity index (χ4n) is 2.13. The number of carbonyl (C=O) groups is 2. The van der Waals surface area contributed by atoms with Gasteiger partial charge in [0.05, 0.1) is 42.7 Å². The Bertz CT molecular complexity index is 827. The summed E-state index contributed by atoms with van der Waals surface area (Å²) in [7, 11) is 2.73. The molecule has 0 spiro atoms. The van der Waals surface area contributed by atoms with Gasteiger partial charge in [-0.1, -0.05) is 23.2 Å². The number of ether oxygens (including phenoxy) is 2. The summed E-state index contributed by atoms with van der Waals surface area (Å²) in [5.41, 5.74) is 6.40. The van der Waals surface area contributed by atoms with Crippen molar-refractivity contribution in [1.29, 1.82) is 0 Å². The van der Waals surface area contributed by atoms with Gasteiger partial charge in [0.2, 0.25) is 0 Å². The van der Waals surface area contributed by atoms with Gasteiger partial charge in [0.15, 0.2) is 5.69 Å². The minimum absolute atomic E-state index is 0.0953. The van der Waals surface area contributed by atoms with Gasteiger partial charge in [-0.05, 0) is 12.1 Å². The van der Waals surface area contributed by atoms with E-state index in [2.05, 4.69) is 15.0 Å². The predicted octanol–water partition coefficient (Wildman–Crippen LogP) is 2.89. The highest BCUT2D eigenvalue weighted by atomic mass is 35.5. The van der Waals surface area contributed by atoms with E-state index in [0.717, 1.165) is 0 Å². The number of rotatable bonds is 6. The summed E-state index contributed by atoms with van der Waals surface area (Å²) in [5, 5.41) is 3.46. The van der Waals surface area contributed by atoms with Crippen LogP contribution in [0.5, 0.6) is 5.75 Å². The van der Waals surface area contributed by atoms with E-state index < -0.39 is 11.9 Å². The van der Waals surface area contributed by atoms with Crippen LogP contribution in [0.1, 0.15) is 26.5 Å². The molecule has 0 fully saturated rings. The van der Waals surface area contributed by atoms with Crippen LogP contribution >= 0.6 is 23.2 Å². The summed E-state index contributed by atoms with van der Waals surface area (Å²) in [6.45, 7) is 0.165. The third kappa shape index (κ3) is 4.52. The largest absolute Gasteiger partial charge is 0.497 e. The smallest absolute Gasteiger partial charge is 0.356 e. The predicted molar refractivity (Wildman–Crippen MR) is 94.4 cm³/mol. The van der Waals surface area contributed by atoms with Gasteiger partial charge in [-0.2, -0.15) is 0 Å². The molecule has 25 heavy (non-hydrogen) atoms. The van der Waals surface area contributed by atoms with Crippen molar-refractivity contribution in [2.45, 2.75) is 6.54 Å². The Balaban J connectivity index is 2.33. The maximum atomic E-state index is 11.7. The molecule has 0 saturated heterocycles. The number of amides is 1. The molecule has 0 aliphatic carbocycles. The molecule has 132 valence electrons. The minimum atomic E-state index is -0.696. The van der Waals surface area contributed by atoms with Gasteiger partial charge < -0.3 is 20.5 Å². The third-order valence-electron chi connectivity index (χ3n) is 3.24. The van der Waals surface area contributed by atoms with E-state index in [0.29, 0.717) is 22.2 Å². The molecule has 0 atom stereocenters. The number of benzene rings is 1. The Morgan fingerprint density at radius 2 is 1.92 bits per heavy atom. The van der Waals surface area contributed by atoms with E-state index in [1.807, 2.05) is 0 Å². The number of primary amides is 1. The van der Waals surface area contributed by atoms with Crippen LogP contribution in [0.25, 0.3) is 0 Å². The number of aromatic nitrogens is 1. The Labute approximate surface area is 154 Å². The Kier molecular flexibility index (Phi) is 6.06. The molecule has 0 unspecified atom stereocenters. The van der Waals surface area contributed by atoms with Crippen molar-refractivity contribution in [1.82, 2.24) is 4.98 Å². The zero-order valence-electron chi connectivity index (χ0n) is 13.4. The number of nitrogens with zero attached hydrogens (tertiary/aromatic N) is 1. The SMILES string of the molecule is COC(=O)c1cc(OC)cc(CNc2cc(Cl)cc(Cl)c2C(N)=O)n1. The van der Waals surface area contributed by atoms with Gasteiger partial charge >= 0.3 is 5.97 Å².